The number of amides is 1. The number of hydrogen-bond acceptors (Lipinski definition) is 3. The van der Waals surface area contributed by atoms with Crippen LogP contribution in [-0.4, -0.2) is 30.0 Å². The van der Waals surface area contributed by atoms with Gasteiger partial charge in [-0.3, -0.25) is 4.79 Å². The SMILES string of the molecule is CCC(CC)C(=O)N[C@H]1CCOC1O. The number of hydrogen-bond donors (Lipinski definition) is 2. The number of aliphatic hydroxyl groups is 1. The van der Waals surface area contributed by atoms with Gasteiger partial charge in [0.15, 0.2) is 6.29 Å². The monoisotopic (exact) mass is 201 g/mol. The van der Waals surface area contributed by atoms with Crippen LogP contribution in [0.5, 0.6) is 0 Å². The second-order valence-electron chi connectivity index (χ2n) is 3.68. The molecule has 1 amide bonds. The van der Waals surface area contributed by atoms with Crippen molar-refractivity contribution in [1.29, 1.82) is 0 Å². The third kappa shape index (κ3) is 2.69. The predicted octanol–water partition coefficient (Wildman–Crippen LogP) is 0.646. The fraction of sp³-hybridized carbons (Fsp3) is 0.900. The van der Waals surface area contributed by atoms with Gasteiger partial charge in [-0.15, -0.1) is 0 Å². The second kappa shape index (κ2) is 5.32. The van der Waals surface area contributed by atoms with E-state index in [9.17, 15) is 9.90 Å². The standard InChI is InChI=1S/C10H19NO3/c1-3-7(4-2)9(12)11-8-5-6-14-10(8)13/h7-8,10,13H,3-6H2,1-2H3,(H,11,12)/t8-,10?/m0/s1. The van der Waals surface area contributed by atoms with Crippen LogP contribution in [0.15, 0.2) is 0 Å². The molecule has 0 bridgehead atoms. The summed E-state index contributed by atoms with van der Waals surface area (Å²) in [5, 5.41) is 12.1. The summed E-state index contributed by atoms with van der Waals surface area (Å²) in [4.78, 5) is 11.6. The van der Waals surface area contributed by atoms with Crippen molar-refractivity contribution in [2.45, 2.75) is 45.4 Å². The normalized spacial score (nSPS) is 26.9. The van der Waals surface area contributed by atoms with Crippen molar-refractivity contribution in [2.24, 2.45) is 5.92 Å². The molecule has 0 aromatic carbocycles. The van der Waals surface area contributed by atoms with Crippen LogP contribution in [0.1, 0.15) is 33.1 Å². The van der Waals surface area contributed by atoms with Crippen LogP contribution in [0.2, 0.25) is 0 Å². The molecule has 1 heterocycles. The van der Waals surface area contributed by atoms with Gasteiger partial charge >= 0.3 is 0 Å². The molecule has 0 aliphatic carbocycles. The molecule has 1 saturated heterocycles. The molecule has 0 radical (unpaired) electrons. The highest BCUT2D eigenvalue weighted by molar-refractivity contribution is 5.78. The van der Waals surface area contributed by atoms with E-state index < -0.39 is 6.29 Å². The number of ether oxygens (including phenoxy) is 1. The molecule has 1 aliphatic rings. The Morgan fingerprint density at radius 2 is 2.21 bits per heavy atom. The lowest BCUT2D eigenvalue weighted by Crippen LogP contribution is -2.43. The maximum Gasteiger partial charge on any atom is 0.223 e. The molecular weight excluding hydrogens is 182 g/mol. The fourth-order valence-electron chi connectivity index (χ4n) is 1.68. The molecular formula is C10H19NO3. The Balaban J connectivity index is 2.39. The van der Waals surface area contributed by atoms with E-state index >= 15 is 0 Å². The summed E-state index contributed by atoms with van der Waals surface area (Å²) < 4.78 is 4.95. The lowest BCUT2D eigenvalue weighted by molar-refractivity contribution is -0.129. The van der Waals surface area contributed by atoms with Gasteiger partial charge in [0.05, 0.1) is 12.6 Å². The molecule has 0 spiro atoms. The Morgan fingerprint density at radius 1 is 1.57 bits per heavy atom. The van der Waals surface area contributed by atoms with Crippen molar-refractivity contribution in [3.05, 3.63) is 0 Å². The highest BCUT2D eigenvalue weighted by Crippen LogP contribution is 2.13. The van der Waals surface area contributed by atoms with E-state index in [1.54, 1.807) is 0 Å². The Bertz CT molecular complexity index is 192. The van der Waals surface area contributed by atoms with Crippen LogP contribution >= 0.6 is 0 Å². The van der Waals surface area contributed by atoms with E-state index in [0.29, 0.717) is 13.0 Å². The van der Waals surface area contributed by atoms with Crippen molar-refractivity contribution in [1.82, 2.24) is 5.32 Å². The zero-order valence-corrected chi connectivity index (χ0v) is 8.82. The number of carbonyl (C=O) groups excluding carboxylic acids is 1. The first-order chi connectivity index (χ1) is 6.69. The highest BCUT2D eigenvalue weighted by Gasteiger charge is 2.28. The fourth-order valence-corrected chi connectivity index (χ4v) is 1.68. The van der Waals surface area contributed by atoms with Crippen molar-refractivity contribution in [3.63, 3.8) is 0 Å². The maximum atomic E-state index is 11.6. The molecule has 14 heavy (non-hydrogen) atoms. The summed E-state index contributed by atoms with van der Waals surface area (Å²) in [6.45, 7) is 4.51. The summed E-state index contributed by atoms with van der Waals surface area (Å²) in [6, 6.07) is -0.219. The molecule has 4 heteroatoms. The first-order valence-electron chi connectivity index (χ1n) is 5.29. The minimum absolute atomic E-state index is 0.0320. The Labute approximate surface area is 84.6 Å². The molecule has 82 valence electrons. The molecule has 4 nitrogen and oxygen atoms in total. The van der Waals surface area contributed by atoms with Gasteiger partial charge in [0.2, 0.25) is 5.91 Å². The maximum absolute atomic E-state index is 11.6. The van der Waals surface area contributed by atoms with Crippen molar-refractivity contribution < 1.29 is 14.6 Å². The van der Waals surface area contributed by atoms with Crippen molar-refractivity contribution >= 4 is 5.91 Å². The molecule has 1 aliphatic heterocycles. The van der Waals surface area contributed by atoms with E-state index in [1.807, 2.05) is 13.8 Å². The van der Waals surface area contributed by atoms with Gasteiger partial charge in [0.1, 0.15) is 0 Å². The van der Waals surface area contributed by atoms with Gasteiger partial charge < -0.3 is 15.2 Å². The van der Waals surface area contributed by atoms with E-state index in [1.165, 1.54) is 0 Å². The lowest BCUT2D eigenvalue weighted by atomic mass is 10.0. The van der Waals surface area contributed by atoms with Crippen LogP contribution in [0.3, 0.4) is 0 Å². The molecule has 2 N–H and O–H groups in total. The number of nitrogens with one attached hydrogen (secondary N) is 1. The highest BCUT2D eigenvalue weighted by atomic mass is 16.6. The molecule has 1 unspecified atom stereocenters. The summed E-state index contributed by atoms with van der Waals surface area (Å²) in [5.74, 6) is 0.0901. The van der Waals surface area contributed by atoms with Crippen molar-refractivity contribution in [2.75, 3.05) is 6.61 Å². The number of carbonyl (C=O) groups is 1. The van der Waals surface area contributed by atoms with Gasteiger partial charge in [0.25, 0.3) is 0 Å². The topological polar surface area (TPSA) is 58.6 Å². The minimum Gasteiger partial charge on any atom is -0.366 e. The average Bonchev–Trinajstić information content (AvgIpc) is 2.54. The van der Waals surface area contributed by atoms with Crippen LogP contribution in [0.25, 0.3) is 0 Å². The molecule has 2 atom stereocenters. The smallest absolute Gasteiger partial charge is 0.223 e. The van der Waals surface area contributed by atoms with Crippen LogP contribution in [0.4, 0.5) is 0 Å². The largest absolute Gasteiger partial charge is 0.366 e. The summed E-state index contributed by atoms with van der Waals surface area (Å²) in [6.07, 6.45) is 1.55. The molecule has 0 aromatic rings. The average molecular weight is 201 g/mol. The Kier molecular flexibility index (Phi) is 4.35. The van der Waals surface area contributed by atoms with Gasteiger partial charge in [-0.1, -0.05) is 13.8 Å². The summed E-state index contributed by atoms with van der Waals surface area (Å²) in [5.41, 5.74) is 0. The van der Waals surface area contributed by atoms with Crippen molar-refractivity contribution in [3.8, 4) is 0 Å². The first-order valence-corrected chi connectivity index (χ1v) is 5.29. The number of rotatable bonds is 4. The summed E-state index contributed by atoms with van der Waals surface area (Å²) in [7, 11) is 0. The lowest BCUT2D eigenvalue weighted by Gasteiger charge is -2.18. The minimum atomic E-state index is -0.826. The molecule has 1 fully saturated rings. The third-order valence-corrected chi connectivity index (χ3v) is 2.75. The molecule has 1 rings (SSSR count). The van der Waals surface area contributed by atoms with Crippen LogP contribution in [-0.2, 0) is 9.53 Å². The van der Waals surface area contributed by atoms with E-state index in [0.717, 1.165) is 12.8 Å². The Hall–Kier alpha value is -0.610. The molecule has 0 aromatic heterocycles. The van der Waals surface area contributed by atoms with E-state index in [-0.39, 0.29) is 17.9 Å². The zero-order valence-electron chi connectivity index (χ0n) is 8.82. The quantitative estimate of drug-likeness (QED) is 0.702. The van der Waals surface area contributed by atoms with E-state index in [4.69, 9.17) is 4.74 Å². The van der Waals surface area contributed by atoms with Gasteiger partial charge in [-0.2, -0.15) is 0 Å². The van der Waals surface area contributed by atoms with Gasteiger partial charge in [-0.25, -0.2) is 0 Å². The second-order valence-corrected chi connectivity index (χ2v) is 3.68. The van der Waals surface area contributed by atoms with Crippen LogP contribution < -0.4 is 5.32 Å². The zero-order chi connectivity index (χ0) is 10.6. The first kappa shape index (κ1) is 11.5. The third-order valence-electron chi connectivity index (χ3n) is 2.75. The predicted molar refractivity (Wildman–Crippen MR) is 52.6 cm³/mol. The van der Waals surface area contributed by atoms with Gasteiger partial charge in [0, 0.05) is 5.92 Å². The van der Waals surface area contributed by atoms with Gasteiger partial charge in [-0.05, 0) is 19.3 Å². The summed E-state index contributed by atoms with van der Waals surface area (Å²) >= 11 is 0. The molecule has 0 saturated carbocycles. The Morgan fingerprint density at radius 3 is 2.64 bits per heavy atom. The van der Waals surface area contributed by atoms with E-state index in [2.05, 4.69) is 5.32 Å². The van der Waals surface area contributed by atoms with Crippen LogP contribution in [0, 0.1) is 5.92 Å². The number of aliphatic hydroxyl groups excluding tert-OH is 1.